The number of benzene rings is 1. The van der Waals surface area contributed by atoms with Gasteiger partial charge in [0, 0.05) is 0 Å². The lowest BCUT2D eigenvalue weighted by Crippen LogP contribution is -2.25. The van der Waals surface area contributed by atoms with Crippen molar-refractivity contribution < 1.29 is 18.3 Å². The van der Waals surface area contributed by atoms with Crippen molar-refractivity contribution in [3.05, 3.63) is 28.8 Å². The number of aromatic carboxylic acids is 1. The van der Waals surface area contributed by atoms with E-state index in [0.717, 1.165) is 32.1 Å². The predicted octanol–water partition coefficient (Wildman–Crippen LogP) is 3.36. The summed E-state index contributed by atoms with van der Waals surface area (Å²) in [6.07, 6.45) is 5.04. The first-order valence-corrected chi connectivity index (χ1v) is 8.94. The number of anilines is 1. The van der Waals surface area contributed by atoms with Crippen molar-refractivity contribution in [3.63, 3.8) is 0 Å². The number of sulfonamides is 1. The first kappa shape index (κ1) is 16.1. The Bertz CT molecular complexity index is 624. The van der Waals surface area contributed by atoms with Crippen molar-refractivity contribution in [2.45, 2.75) is 32.1 Å². The second kappa shape index (κ2) is 6.66. The van der Waals surface area contributed by atoms with Crippen LogP contribution in [-0.4, -0.2) is 25.2 Å². The van der Waals surface area contributed by atoms with Crippen LogP contribution in [0.2, 0.25) is 5.02 Å². The molecule has 0 radical (unpaired) electrons. The third kappa shape index (κ3) is 4.35. The zero-order chi connectivity index (χ0) is 15.5. The van der Waals surface area contributed by atoms with Crippen LogP contribution in [0.5, 0.6) is 0 Å². The van der Waals surface area contributed by atoms with Gasteiger partial charge in [0.2, 0.25) is 10.0 Å². The molecule has 2 rings (SSSR count). The normalized spacial score (nSPS) is 16.6. The van der Waals surface area contributed by atoms with Crippen LogP contribution in [-0.2, 0) is 10.0 Å². The van der Waals surface area contributed by atoms with Crippen LogP contribution in [0.15, 0.2) is 18.2 Å². The van der Waals surface area contributed by atoms with Gasteiger partial charge in [0.1, 0.15) is 0 Å². The fraction of sp³-hybridized carbons (Fsp3) is 0.500. The Labute approximate surface area is 129 Å². The average molecular weight is 332 g/mol. The Kier molecular flexibility index (Phi) is 5.11. The Morgan fingerprint density at radius 2 is 1.95 bits per heavy atom. The molecule has 0 aromatic heterocycles. The highest BCUT2D eigenvalue weighted by atomic mass is 35.5. The van der Waals surface area contributed by atoms with Gasteiger partial charge in [0.15, 0.2) is 0 Å². The van der Waals surface area contributed by atoms with E-state index in [1.807, 2.05) is 0 Å². The van der Waals surface area contributed by atoms with E-state index in [1.54, 1.807) is 0 Å². The van der Waals surface area contributed by atoms with Gasteiger partial charge in [-0.2, -0.15) is 0 Å². The van der Waals surface area contributed by atoms with E-state index in [2.05, 4.69) is 4.72 Å². The summed E-state index contributed by atoms with van der Waals surface area (Å²) in [7, 11) is -3.61. The minimum absolute atomic E-state index is 0.0112. The van der Waals surface area contributed by atoms with Gasteiger partial charge in [-0.05, 0) is 30.9 Å². The second-order valence-electron chi connectivity index (χ2n) is 5.36. The zero-order valence-electron chi connectivity index (χ0n) is 11.5. The molecule has 1 aromatic carbocycles. The molecular formula is C14H18ClNO4S. The molecule has 0 spiro atoms. The van der Waals surface area contributed by atoms with E-state index in [4.69, 9.17) is 16.7 Å². The number of hydrogen-bond donors (Lipinski definition) is 2. The third-order valence-corrected chi connectivity index (χ3v) is 5.42. The van der Waals surface area contributed by atoms with Crippen LogP contribution in [0.3, 0.4) is 0 Å². The number of hydrogen-bond acceptors (Lipinski definition) is 3. The number of rotatable bonds is 5. The van der Waals surface area contributed by atoms with Crippen LogP contribution in [0.1, 0.15) is 42.5 Å². The molecule has 21 heavy (non-hydrogen) atoms. The average Bonchev–Trinajstić information content (AvgIpc) is 2.41. The molecule has 0 heterocycles. The van der Waals surface area contributed by atoms with Crippen LogP contribution in [0.4, 0.5) is 5.69 Å². The van der Waals surface area contributed by atoms with Crippen molar-refractivity contribution in [2.75, 3.05) is 10.5 Å². The SMILES string of the molecule is O=C(O)c1cccc(Cl)c1NS(=O)(=O)CC1CCCCC1. The molecular weight excluding hydrogens is 314 g/mol. The van der Waals surface area contributed by atoms with Crippen molar-refractivity contribution in [1.82, 2.24) is 0 Å². The second-order valence-corrected chi connectivity index (χ2v) is 7.53. The molecule has 1 fully saturated rings. The lowest BCUT2D eigenvalue weighted by Gasteiger charge is -2.22. The van der Waals surface area contributed by atoms with Crippen LogP contribution >= 0.6 is 11.6 Å². The van der Waals surface area contributed by atoms with Crippen molar-refractivity contribution in [1.29, 1.82) is 0 Å². The fourth-order valence-corrected chi connectivity index (χ4v) is 4.51. The molecule has 0 atom stereocenters. The monoisotopic (exact) mass is 331 g/mol. The summed E-state index contributed by atoms with van der Waals surface area (Å²) in [5.74, 6) is -1.07. The minimum Gasteiger partial charge on any atom is -0.478 e. The highest BCUT2D eigenvalue weighted by Crippen LogP contribution is 2.29. The Morgan fingerprint density at radius 1 is 1.29 bits per heavy atom. The third-order valence-electron chi connectivity index (χ3n) is 3.68. The maximum atomic E-state index is 12.2. The summed E-state index contributed by atoms with van der Waals surface area (Å²) >= 11 is 5.93. The Hall–Kier alpha value is -1.27. The minimum atomic E-state index is -3.61. The molecule has 2 N–H and O–H groups in total. The molecule has 116 valence electrons. The highest BCUT2D eigenvalue weighted by Gasteiger charge is 2.24. The van der Waals surface area contributed by atoms with Crippen molar-refractivity contribution >= 4 is 33.3 Å². The molecule has 1 aliphatic rings. The van der Waals surface area contributed by atoms with E-state index >= 15 is 0 Å². The van der Waals surface area contributed by atoms with Gasteiger partial charge < -0.3 is 5.11 Å². The van der Waals surface area contributed by atoms with Gasteiger partial charge in [-0.3, -0.25) is 4.72 Å². The summed E-state index contributed by atoms with van der Waals surface area (Å²) in [4.78, 5) is 11.2. The predicted molar refractivity (Wildman–Crippen MR) is 82.4 cm³/mol. The van der Waals surface area contributed by atoms with E-state index in [9.17, 15) is 13.2 Å². The van der Waals surface area contributed by atoms with Gasteiger partial charge in [-0.15, -0.1) is 0 Å². The smallest absolute Gasteiger partial charge is 0.337 e. The summed E-state index contributed by atoms with van der Waals surface area (Å²) in [5.41, 5.74) is -0.197. The Morgan fingerprint density at radius 3 is 2.57 bits per heavy atom. The maximum Gasteiger partial charge on any atom is 0.337 e. The van der Waals surface area contributed by atoms with Gasteiger partial charge >= 0.3 is 5.97 Å². The fourth-order valence-electron chi connectivity index (χ4n) is 2.67. The number of para-hydroxylation sites is 1. The van der Waals surface area contributed by atoms with Crippen molar-refractivity contribution in [2.24, 2.45) is 5.92 Å². The number of carbonyl (C=O) groups is 1. The first-order chi connectivity index (χ1) is 9.89. The maximum absolute atomic E-state index is 12.2. The molecule has 1 aliphatic carbocycles. The quantitative estimate of drug-likeness (QED) is 0.866. The summed E-state index contributed by atoms with van der Waals surface area (Å²) in [6, 6.07) is 4.27. The topological polar surface area (TPSA) is 83.5 Å². The molecule has 0 unspecified atom stereocenters. The zero-order valence-corrected chi connectivity index (χ0v) is 13.1. The molecule has 0 bridgehead atoms. The Balaban J connectivity index is 2.18. The first-order valence-electron chi connectivity index (χ1n) is 6.91. The lowest BCUT2D eigenvalue weighted by molar-refractivity contribution is 0.0698. The van der Waals surface area contributed by atoms with E-state index < -0.39 is 16.0 Å². The molecule has 1 aromatic rings. The van der Waals surface area contributed by atoms with Crippen LogP contribution in [0, 0.1) is 5.92 Å². The van der Waals surface area contributed by atoms with E-state index in [0.29, 0.717) is 0 Å². The number of carboxylic acids is 1. The van der Waals surface area contributed by atoms with E-state index in [1.165, 1.54) is 18.2 Å². The van der Waals surface area contributed by atoms with Gasteiger partial charge in [-0.25, -0.2) is 13.2 Å². The molecule has 0 aliphatic heterocycles. The molecule has 5 nitrogen and oxygen atoms in total. The molecule has 1 saturated carbocycles. The van der Waals surface area contributed by atoms with Gasteiger partial charge in [0.05, 0.1) is 22.0 Å². The van der Waals surface area contributed by atoms with E-state index in [-0.39, 0.29) is 27.9 Å². The summed E-state index contributed by atoms with van der Waals surface area (Å²) in [6.45, 7) is 0. The molecule has 0 saturated heterocycles. The largest absolute Gasteiger partial charge is 0.478 e. The lowest BCUT2D eigenvalue weighted by atomic mass is 9.91. The van der Waals surface area contributed by atoms with Crippen LogP contribution < -0.4 is 4.72 Å². The number of halogens is 1. The van der Waals surface area contributed by atoms with Crippen molar-refractivity contribution in [3.8, 4) is 0 Å². The highest BCUT2D eigenvalue weighted by molar-refractivity contribution is 7.92. The summed E-state index contributed by atoms with van der Waals surface area (Å²) in [5, 5.41) is 9.20. The van der Waals surface area contributed by atoms with Gasteiger partial charge in [0.25, 0.3) is 0 Å². The molecule has 7 heteroatoms. The number of nitrogens with one attached hydrogen (secondary N) is 1. The molecule has 0 amide bonds. The number of carboxylic acid groups (broad SMARTS) is 1. The van der Waals surface area contributed by atoms with Crippen LogP contribution in [0.25, 0.3) is 0 Å². The summed E-state index contributed by atoms with van der Waals surface area (Å²) < 4.78 is 26.8. The standard InChI is InChI=1S/C14H18ClNO4S/c15-12-8-4-7-11(14(17)18)13(12)16-21(19,20)9-10-5-2-1-3-6-10/h4,7-8,10,16H,1-3,5-6,9H2,(H,17,18). The van der Waals surface area contributed by atoms with Gasteiger partial charge in [-0.1, -0.05) is 36.9 Å².